The second-order valence-electron chi connectivity index (χ2n) is 9.39. The Morgan fingerprint density at radius 3 is 2.55 bits per heavy atom. The molecule has 29 heavy (non-hydrogen) atoms. The molecule has 160 valence electrons. The molecular formula is C22H33N3O3S. The van der Waals surface area contributed by atoms with Crippen molar-refractivity contribution in [3.63, 3.8) is 0 Å². The molecule has 3 aliphatic carbocycles. The summed E-state index contributed by atoms with van der Waals surface area (Å²) < 4.78 is 27.2. The highest BCUT2D eigenvalue weighted by Crippen LogP contribution is 2.58. The molecule has 0 heterocycles. The minimum absolute atomic E-state index is 0.0832. The zero-order valence-electron chi connectivity index (χ0n) is 17.4. The van der Waals surface area contributed by atoms with Crippen LogP contribution in [0.4, 0.5) is 4.79 Å². The number of rotatable bonds is 7. The van der Waals surface area contributed by atoms with Gasteiger partial charge in [0.25, 0.3) is 0 Å². The number of carbonyl (C=O) groups excluding carboxylic acids is 1. The van der Waals surface area contributed by atoms with Crippen molar-refractivity contribution in [3.8, 4) is 0 Å². The Morgan fingerprint density at radius 1 is 1.07 bits per heavy atom. The van der Waals surface area contributed by atoms with Crippen molar-refractivity contribution in [1.29, 1.82) is 0 Å². The van der Waals surface area contributed by atoms with Crippen molar-refractivity contribution in [3.05, 3.63) is 35.4 Å². The van der Waals surface area contributed by atoms with Crippen molar-refractivity contribution in [1.82, 2.24) is 15.4 Å². The number of fused-ring (bicyclic) bond motifs is 5. The minimum Gasteiger partial charge on any atom is -0.335 e. The minimum atomic E-state index is -3.41. The van der Waals surface area contributed by atoms with E-state index in [1.54, 1.807) is 13.8 Å². The van der Waals surface area contributed by atoms with E-state index < -0.39 is 10.0 Å². The van der Waals surface area contributed by atoms with Crippen LogP contribution in [-0.4, -0.2) is 26.5 Å². The Bertz CT molecular complexity index is 855. The van der Waals surface area contributed by atoms with Crippen LogP contribution >= 0.6 is 0 Å². The fourth-order valence-corrected chi connectivity index (χ4v) is 7.60. The Balaban J connectivity index is 1.32. The highest BCUT2D eigenvalue weighted by Gasteiger charge is 2.54. The first-order chi connectivity index (χ1) is 13.8. The summed E-state index contributed by atoms with van der Waals surface area (Å²) in [6.45, 7) is 3.93. The Morgan fingerprint density at radius 2 is 1.79 bits per heavy atom. The maximum Gasteiger partial charge on any atom is 0.315 e. The van der Waals surface area contributed by atoms with Crippen LogP contribution in [0.1, 0.15) is 57.1 Å². The SMILES string of the molecule is CC(C)NS(=O)(=O)Cc1ccccc1CNC(=O)N[C@@H]1C[C@H]2C[C@H]1[C@@H]1CCC[C@@H]21. The molecule has 2 amide bonds. The Labute approximate surface area is 174 Å². The van der Waals surface area contributed by atoms with Crippen molar-refractivity contribution in [2.24, 2.45) is 23.7 Å². The van der Waals surface area contributed by atoms with E-state index in [1.165, 1.54) is 25.7 Å². The predicted octanol–water partition coefficient (Wildman–Crippen LogP) is 3.14. The molecule has 5 atom stereocenters. The van der Waals surface area contributed by atoms with Crippen molar-refractivity contribution in [2.75, 3.05) is 0 Å². The first-order valence-corrected chi connectivity index (χ1v) is 12.6. The summed E-state index contributed by atoms with van der Waals surface area (Å²) >= 11 is 0. The van der Waals surface area contributed by atoms with Gasteiger partial charge in [-0.25, -0.2) is 17.9 Å². The number of benzene rings is 1. The highest BCUT2D eigenvalue weighted by atomic mass is 32.2. The van der Waals surface area contributed by atoms with Crippen LogP contribution in [0.5, 0.6) is 0 Å². The predicted molar refractivity (Wildman–Crippen MR) is 114 cm³/mol. The van der Waals surface area contributed by atoms with Gasteiger partial charge in [0.15, 0.2) is 0 Å². The summed E-state index contributed by atoms with van der Waals surface area (Å²) in [5.41, 5.74) is 1.55. The standard InChI is InChI=1S/C22H33N3O3S/c1-14(2)25-29(27,28)13-16-7-4-3-6-15(16)12-23-22(26)24-21-11-17-10-20(21)19-9-5-8-18(17)19/h3-4,6-7,14,17-21,25H,5,8-13H2,1-2H3,(H2,23,24,26)/t17-,18+,19-,20+,21-/m1/s1. The van der Waals surface area contributed by atoms with E-state index in [0.717, 1.165) is 35.3 Å². The van der Waals surface area contributed by atoms with Gasteiger partial charge in [0, 0.05) is 18.6 Å². The van der Waals surface area contributed by atoms with Gasteiger partial charge in [-0.15, -0.1) is 0 Å². The van der Waals surface area contributed by atoms with Gasteiger partial charge >= 0.3 is 6.03 Å². The largest absolute Gasteiger partial charge is 0.335 e. The van der Waals surface area contributed by atoms with Gasteiger partial charge in [-0.05, 0) is 74.3 Å². The van der Waals surface area contributed by atoms with Gasteiger partial charge in [-0.3, -0.25) is 0 Å². The van der Waals surface area contributed by atoms with E-state index in [1.807, 2.05) is 24.3 Å². The summed E-state index contributed by atoms with van der Waals surface area (Å²) in [7, 11) is -3.41. The number of urea groups is 1. The molecule has 1 aromatic carbocycles. The molecule has 3 N–H and O–H groups in total. The molecule has 7 heteroatoms. The first kappa shape index (κ1) is 20.7. The normalized spacial score (nSPS) is 30.5. The van der Waals surface area contributed by atoms with E-state index in [0.29, 0.717) is 18.5 Å². The van der Waals surface area contributed by atoms with Crippen molar-refractivity contribution >= 4 is 16.1 Å². The Kier molecular flexibility index (Phi) is 5.89. The van der Waals surface area contributed by atoms with Crippen LogP contribution in [0.15, 0.2) is 24.3 Å². The molecule has 1 aromatic rings. The molecule has 0 radical (unpaired) electrons. The lowest BCUT2D eigenvalue weighted by atomic mass is 9.79. The van der Waals surface area contributed by atoms with Crippen LogP contribution in [0.2, 0.25) is 0 Å². The number of hydrogen-bond acceptors (Lipinski definition) is 3. The molecule has 0 aromatic heterocycles. The molecule has 3 saturated carbocycles. The lowest BCUT2D eigenvalue weighted by molar-refractivity contribution is 0.197. The molecule has 2 bridgehead atoms. The van der Waals surface area contributed by atoms with Crippen LogP contribution < -0.4 is 15.4 Å². The fourth-order valence-electron chi connectivity index (χ4n) is 6.11. The molecule has 0 unspecified atom stereocenters. The summed E-state index contributed by atoms with van der Waals surface area (Å²) in [6, 6.07) is 7.40. The molecule has 3 aliphatic rings. The number of hydrogen-bond donors (Lipinski definition) is 3. The van der Waals surface area contributed by atoms with Gasteiger partial charge in [-0.1, -0.05) is 30.7 Å². The zero-order chi connectivity index (χ0) is 20.6. The summed E-state index contributed by atoms with van der Waals surface area (Å²) in [5, 5.41) is 6.15. The number of nitrogens with one attached hydrogen (secondary N) is 3. The average Bonchev–Trinajstić information content (AvgIpc) is 3.32. The summed E-state index contributed by atoms with van der Waals surface area (Å²) in [6.07, 6.45) is 6.47. The molecule has 0 spiro atoms. The van der Waals surface area contributed by atoms with E-state index in [4.69, 9.17) is 0 Å². The number of amides is 2. The van der Waals surface area contributed by atoms with Gasteiger partial charge in [-0.2, -0.15) is 0 Å². The third-order valence-corrected chi connectivity index (χ3v) is 8.59. The van der Waals surface area contributed by atoms with E-state index >= 15 is 0 Å². The smallest absolute Gasteiger partial charge is 0.315 e. The highest BCUT2D eigenvalue weighted by molar-refractivity contribution is 7.88. The third-order valence-electron chi connectivity index (χ3n) is 7.06. The van der Waals surface area contributed by atoms with Crippen LogP contribution in [0.3, 0.4) is 0 Å². The van der Waals surface area contributed by atoms with E-state index in [-0.39, 0.29) is 17.8 Å². The van der Waals surface area contributed by atoms with Crippen LogP contribution in [-0.2, 0) is 22.3 Å². The van der Waals surface area contributed by atoms with Crippen LogP contribution in [0.25, 0.3) is 0 Å². The lowest BCUT2D eigenvalue weighted by Crippen LogP contribution is -2.46. The Hall–Kier alpha value is -1.60. The zero-order valence-corrected chi connectivity index (χ0v) is 18.2. The first-order valence-electron chi connectivity index (χ1n) is 10.9. The molecule has 3 fully saturated rings. The maximum atomic E-state index is 12.5. The second kappa shape index (κ2) is 8.26. The van der Waals surface area contributed by atoms with Crippen molar-refractivity contribution < 1.29 is 13.2 Å². The topological polar surface area (TPSA) is 87.3 Å². The molecule has 6 nitrogen and oxygen atoms in total. The van der Waals surface area contributed by atoms with Gasteiger partial charge in [0.05, 0.1) is 5.75 Å². The van der Waals surface area contributed by atoms with Gasteiger partial charge in [0.2, 0.25) is 10.0 Å². The monoisotopic (exact) mass is 419 g/mol. The van der Waals surface area contributed by atoms with E-state index in [9.17, 15) is 13.2 Å². The summed E-state index contributed by atoms with van der Waals surface area (Å²) in [5.74, 6) is 3.10. The van der Waals surface area contributed by atoms with Crippen LogP contribution in [0, 0.1) is 23.7 Å². The molecule has 0 saturated heterocycles. The second-order valence-corrected chi connectivity index (χ2v) is 11.1. The fraction of sp³-hybridized carbons (Fsp3) is 0.682. The van der Waals surface area contributed by atoms with Crippen molar-refractivity contribution in [2.45, 2.75) is 70.3 Å². The number of carbonyl (C=O) groups is 1. The van der Waals surface area contributed by atoms with E-state index in [2.05, 4.69) is 15.4 Å². The van der Waals surface area contributed by atoms with Gasteiger partial charge < -0.3 is 10.6 Å². The average molecular weight is 420 g/mol. The van der Waals surface area contributed by atoms with Gasteiger partial charge in [0.1, 0.15) is 0 Å². The lowest BCUT2D eigenvalue weighted by Gasteiger charge is -2.32. The summed E-state index contributed by atoms with van der Waals surface area (Å²) in [4.78, 5) is 12.5. The molecule has 0 aliphatic heterocycles. The quantitative estimate of drug-likeness (QED) is 0.634. The maximum absolute atomic E-state index is 12.5. The molecular weight excluding hydrogens is 386 g/mol. The third kappa shape index (κ3) is 4.61. The number of sulfonamides is 1. The molecule has 4 rings (SSSR count).